The molecule has 164 valence electrons. The van der Waals surface area contributed by atoms with Crippen LogP contribution >= 0.6 is 0 Å². The molecule has 0 saturated carbocycles. The third kappa shape index (κ3) is 5.19. The quantitative estimate of drug-likeness (QED) is 0.337. The minimum Gasteiger partial charge on any atom is -0.493 e. The highest BCUT2D eigenvalue weighted by molar-refractivity contribution is 5.95. The van der Waals surface area contributed by atoms with E-state index in [1.807, 2.05) is 13.8 Å². The summed E-state index contributed by atoms with van der Waals surface area (Å²) in [4.78, 5) is 35.8. The Morgan fingerprint density at radius 1 is 1.13 bits per heavy atom. The summed E-state index contributed by atoms with van der Waals surface area (Å²) in [5, 5.41) is 16.9. The lowest BCUT2D eigenvalue weighted by Gasteiger charge is -2.29. The van der Waals surface area contributed by atoms with Gasteiger partial charge in [-0.3, -0.25) is 10.1 Å². The molecule has 2 rings (SSSR count). The fourth-order valence-electron chi connectivity index (χ4n) is 3.01. The summed E-state index contributed by atoms with van der Waals surface area (Å²) in [5.74, 6) is -0.284. The van der Waals surface area contributed by atoms with Gasteiger partial charge in [-0.15, -0.1) is 0 Å². The number of hydrogen-bond donors (Lipinski definition) is 2. The van der Waals surface area contributed by atoms with E-state index in [0.717, 1.165) is 0 Å². The number of nitrogens with one attached hydrogen (secondary N) is 2. The van der Waals surface area contributed by atoms with Gasteiger partial charge in [0.2, 0.25) is 5.75 Å². The molecular weight excluding hydrogens is 394 g/mol. The Bertz CT molecular complexity index is 851. The largest absolute Gasteiger partial charge is 0.493 e. The van der Waals surface area contributed by atoms with Gasteiger partial charge in [0.15, 0.2) is 0 Å². The Hall–Kier alpha value is -3.30. The summed E-state index contributed by atoms with van der Waals surface area (Å²) in [6.07, 6.45) is 1.36. The Morgan fingerprint density at radius 3 is 2.33 bits per heavy atom. The number of benzene rings is 1. The lowest BCUT2D eigenvalue weighted by Crippen LogP contribution is -2.45. The average Bonchev–Trinajstić information content (AvgIpc) is 2.69. The Labute approximate surface area is 174 Å². The van der Waals surface area contributed by atoms with Crippen molar-refractivity contribution in [2.24, 2.45) is 0 Å². The van der Waals surface area contributed by atoms with Gasteiger partial charge in [0.05, 0.1) is 36.4 Å². The van der Waals surface area contributed by atoms with E-state index in [4.69, 9.17) is 14.2 Å². The molecule has 10 heteroatoms. The van der Waals surface area contributed by atoms with E-state index in [2.05, 4.69) is 10.6 Å². The molecule has 1 atom stereocenters. The summed E-state index contributed by atoms with van der Waals surface area (Å²) in [7, 11) is 0. The van der Waals surface area contributed by atoms with Crippen LogP contribution in [0.3, 0.4) is 0 Å². The first-order chi connectivity index (χ1) is 14.3. The molecule has 1 aliphatic heterocycles. The maximum absolute atomic E-state index is 12.6. The fraction of sp³-hybridized carbons (Fsp3) is 0.500. The molecule has 1 unspecified atom stereocenters. The van der Waals surface area contributed by atoms with E-state index in [1.54, 1.807) is 13.8 Å². The highest BCUT2D eigenvalue weighted by atomic mass is 16.6. The average molecular weight is 421 g/mol. The molecule has 1 aromatic rings. The topological polar surface area (TPSA) is 129 Å². The van der Waals surface area contributed by atoms with Crippen LogP contribution in [0.4, 0.5) is 10.5 Å². The van der Waals surface area contributed by atoms with E-state index in [1.165, 1.54) is 12.1 Å². The molecule has 0 aliphatic carbocycles. The number of carbonyl (C=O) groups excluding carboxylic acids is 2. The lowest BCUT2D eigenvalue weighted by atomic mass is 9.94. The molecule has 10 nitrogen and oxygen atoms in total. The Balaban J connectivity index is 2.66. The van der Waals surface area contributed by atoms with Gasteiger partial charge in [0, 0.05) is 23.4 Å². The van der Waals surface area contributed by atoms with Gasteiger partial charge in [-0.25, -0.2) is 9.59 Å². The van der Waals surface area contributed by atoms with Gasteiger partial charge >= 0.3 is 17.7 Å². The molecule has 0 fully saturated rings. The van der Waals surface area contributed by atoms with Gasteiger partial charge in [-0.1, -0.05) is 13.8 Å². The number of allylic oxidation sites excluding steroid dienone is 1. The maximum atomic E-state index is 12.6. The van der Waals surface area contributed by atoms with E-state index in [9.17, 15) is 19.7 Å². The highest BCUT2D eigenvalue weighted by Crippen LogP contribution is 2.41. The molecule has 0 radical (unpaired) electrons. The number of nitro groups is 1. The van der Waals surface area contributed by atoms with Crippen LogP contribution in [0.1, 0.15) is 52.1 Å². The van der Waals surface area contributed by atoms with Gasteiger partial charge in [-0.2, -0.15) is 0 Å². The summed E-state index contributed by atoms with van der Waals surface area (Å²) in [6, 6.07) is 1.19. The Morgan fingerprint density at radius 2 is 1.77 bits per heavy atom. The predicted molar refractivity (Wildman–Crippen MR) is 108 cm³/mol. The molecule has 1 aliphatic rings. The zero-order valence-electron chi connectivity index (χ0n) is 17.6. The second-order valence-electron chi connectivity index (χ2n) is 6.60. The minimum atomic E-state index is -0.983. The number of nitro benzene ring substituents is 1. The smallest absolute Gasteiger partial charge is 0.338 e. The van der Waals surface area contributed by atoms with Crippen LogP contribution in [-0.4, -0.2) is 36.7 Å². The van der Waals surface area contributed by atoms with Crippen LogP contribution in [0.2, 0.25) is 0 Å². The number of hydrogen-bond acceptors (Lipinski definition) is 7. The first-order valence-electron chi connectivity index (χ1n) is 9.87. The summed E-state index contributed by atoms with van der Waals surface area (Å²) >= 11 is 0. The third-order valence-corrected chi connectivity index (χ3v) is 4.29. The van der Waals surface area contributed by atoms with E-state index < -0.39 is 23.0 Å². The Kier molecular flexibility index (Phi) is 8.02. The number of amides is 2. The van der Waals surface area contributed by atoms with E-state index in [0.29, 0.717) is 31.8 Å². The highest BCUT2D eigenvalue weighted by Gasteiger charge is 2.36. The van der Waals surface area contributed by atoms with Gasteiger partial charge < -0.3 is 24.8 Å². The number of rotatable bonds is 10. The molecule has 0 aromatic heterocycles. The fourth-order valence-corrected chi connectivity index (χ4v) is 3.01. The van der Waals surface area contributed by atoms with Crippen molar-refractivity contribution in [2.75, 3.05) is 19.8 Å². The predicted octanol–water partition coefficient (Wildman–Crippen LogP) is 3.36. The third-order valence-electron chi connectivity index (χ3n) is 4.29. The molecule has 2 amide bonds. The standard InChI is InChI=1S/C20H27N3O7/c1-5-8-29-15-11-16(30-9-6-2)14(23(26)27)10-13(15)18-17(19(24)28-7-3)12(4)21-20(25)22-18/h10-11,18H,5-9H2,1-4H3,(H2,21,22,25). The van der Waals surface area contributed by atoms with Gasteiger partial charge in [0.25, 0.3) is 0 Å². The second kappa shape index (κ2) is 10.5. The zero-order valence-corrected chi connectivity index (χ0v) is 17.6. The second-order valence-corrected chi connectivity index (χ2v) is 6.60. The van der Waals surface area contributed by atoms with E-state index >= 15 is 0 Å². The van der Waals surface area contributed by atoms with Crippen molar-refractivity contribution in [3.05, 3.63) is 39.1 Å². The first-order valence-corrected chi connectivity index (χ1v) is 9.87. The van der Waals surface area contributed by atoms with Crippen LogP contribution in [0, 0.1) is 10.1 Å². The number of urea groups is 1. The van der Waals surface area contributed by atoms with Gasteiger partial charge in [0.1, 0.15) is 5.75 Å². The number of carbonyl (C=O) groups is 2. The maximum Gasteiger partial charge on any atom is 0.338 e. The zero-order chi connectivity index (χ0) is 22.3. The summed E-state index contributed by atoms with van der Waals surface area (Å²) in [5.41, 5.74) is 0.444. The van der Waals surface area contributed by atoms with Crippen LogP contribution in [0.5, 0.6) is 11.5 Å². The van der Waals surface area contributed by atoms with Crippen molar-refractivity contribution in [2.45, 2.75) is 46.6 Å². The van der Waals surface area contributed by atoms with Crippen LogP contribution in [0.25, 0.3) is 0 Å². The SMILES string of the molecule is CCCOc1cc(OCCC)c([N+](=O)[O-])cc1C1NC(=O)NC(C)=C1C(=O)OCC. The number of esters is 1. The number of nitrogens with zero attached hydrogens (tertiary/aromatic N) is 1. The molecule has 0 saturated heterocycles. The number of ether oxygens (including phenoxy) is 3. The van der Waals surface area contributed by atoms with Crippen LogP contribution in [-0.2, 0) is 9.53 Å². The summed E-state index contributed by atoms with van der Waals surface area (Å²) in [6.45, 7) is 7.81. The molecule has 1 heterocycles. The van der Waals surface area contributed by atoms with Crippen molar-refractivity contribution in [3.8, 4) is 11.5 Å². The molecular formula is C20H27N3O7. The van der Waals surface area contributed by atoms with Crippen molar-refractivity contribution in [3.63, 3.8) is 0 Å². The van der Waals surface area contributed by atoms with Crippen molar-refractivity contribution < 1.29 is 28.7 Å². The van der Waals surface area contributed by atoms with Crippen molar-refractivity contribution in [1.29, 1.82) is 0 Å². The van der Waals surface area contributed by atoms with Crippen molar-refractivity contribution >= 4 is 17.7 Å². The minimum absolute atomic E-state index is 0.0651. The molecule has 0 bridgehead atoms. The molecule has 2 N–H and O–H groups in total. The summed E-state index contributed by atoms with van der Waals surface area (Å²) < 4.78 is 16.5. The molecule has 30 heavy (non-hydrogen) atoms. The van der Waals surface area contributed by atoms with E-state index in [-0.39, 0.29) is 34.9 Å². The van der Waals surface area contributed by atoms with Crippen LogP contribution in [0.15, 0.2) is 23.4 Å². The van der Waals surface area contributed by atoms with Gasteiger partial charge in [-0.05, 0) is 26.7 Å². The first kappa shape index (κ1) is 23.0. The molecule has 0 spiro atoms. The molecule has 1 aromatic carbocycles. The monoisotopic (exact) mass is 421 g/mol. The lowest BCUT2D eigenvalue weighted by molar-refractivity contribution is -0.386. The van der Waals surface area contributed by atoms with Crippen LogP contribution < -0.4 is 20.1 Å². The normalized spacial score (nSPS) is 15.9. The van der Waals surface area contributed by atoms with Crippen molar-refractivity contribution in [1.82, 2.24) is 10.6 Å².